The van der Waals surface area contributed by atoms with Crippen LogP contribution in [0.3, 0.4) is 0 Å². The molecular weight excluding hydrogens is 427 g/mol. The molecule has 0 bridgehead atoms. The highest BCUT2D eigenvalue weighted by Gasteiger charge is 2.20. The molecule has 9 heteroatoms. The number of hydrogen-bond acceptors (Lipinski definition) is 5. The summed E-state index contributed by atoms with van der Waals surface area (Å²) in [6.45, 7) is 1.91. The van der Waals surface area contributed by atoms with Crippen molar-refractivity contribution in [3.63, 3.8) is 0 Å². The van der Waals surface area contributed by atoms with Crippen LogP contribution in [0.25, 0.3) is 16.9 Å². The predicted molar refractivity (Wildman–Crippen MR) is 120 cm³/mol. The highest BCUT2D eigenvalue weighted by atomic mass is 19.1. The number of carbonyl (C=O) groups is 2. The van der Waals surface area contributed by atoms with Crippen molar-refractivity contribution in [1.29, 1.82) is 0 Å². The molecule has 2 aromatic heterocycles. The number of aromatic nitrogens is 3. The maximum absolute atomic E-state index is 13.4. The predicted octanol–water partition coefficient (Wildman–Crippen LogP) is 3.71. The normalized spacial score (nSPS) is 10.6. The number of methoxy groups -OCH3 is 1. The Morgan fingerprint density at radius 3 is 2.58 bits per heavy atom. The third-order valence-electron chi connectivity index (χ3n) is 4.91. The Bertz CT molecular complexity index is 1410. The summed E-state index contributed by atoms with van der Waals surface area (Å²) in [7, 11) is 1.21. The van der Waals surface area contributed by atoms with Gasteiger partial charge in [0.1, 0.15) is 17.2 Å². The molecule has 166 valence electrons. The summed E-state index contributed by atoms with van der Waals surface area (Å²) in [6.07, 6.45) is 2.70. The van der Waals surface area contributed by atoms with E-state index < -0.39 is 23.3 Å². The van der Waals surface area contributed by atoms with Gasteiger partial charge in [0.15, 0.2) is 0 Å². The van der Waals surface area contributed by atoms with Gasteiger partial charge in [0.05, 0.1) is 23.9 Å². The summed E-state index contributed by atoms with van der Waals surface area (Å²) >= 11 is 0. The molecule has 2 heterocycles. The number of nitrogens with zero attached hydrogens (tertiary/aromatic N) is 2. The first kappa shape index (κ1) is 21.7. The lowest BCUT2D eigenvalue weighted by Crippen LogP contribution is -2.21. The second-order valence-electron chi connectivity index (χ2n) is 7.26. The van der Waals surface area contributed by atoms with E-state index in [1.54, 1.807) is 0 Å². The van der Waals surface area contributed by atoms with Gasteiger partial charge in [-0.1, -0.05) is 23.8 Å². The smallest absolute Gasteiger partial charge is 0.339 e. The van der Waals surface area contributed by atoms with Crippen molar-refractivity contribution in [2.24, 2.45) is 0 Å². The quantitative estimate of drug-likeness (QED) is 0.455. The van der Waals surface area contributed by atoms with Crippen LogP contribution < -0.4 is 10.9 Å². The number of H-pyrrole nitrogens is 1. The second-order valence-corrected chi connectivity index (χ2v) is 7.26. The number of hydrogen-bond donors (Lipinski definition) is 2. The van der Waals surface area contributed by atoms with Crippen molar-refractivity contribution in [3.05, 3.63) is 99.9 Å². The minimum atomic E-state index is -0.661. The molecule has 0 aliphatic carbocycles. The number of anilines is 1. The number of ether oxygens (including phenoxy) is 1. The molecule has 0 fully saturated rings. The van der Waals surface area contributed by atoms with Crippen molar-refractivity contribution in [1.82, 2.24) is 14.8 Å². The minimum absolute atomic E-state index is 0.0771. The van der Waals surface area contributed by atoms with Crippen LogP contribution in [0.15, 0.2) is 71.8 Å². The summed E-state index contributed by atoms with van der Waals surface area (Å²) in [5.41, 5.74) is 2.15. The molecule has 0 atom stereocenters. The Morgan fingerprint density at radius 2 is 1.88 bits per heavy atom. The summed E-state index contributed by atoms with van der Waals surface area (Å²) in [5, 5.41) is 7.08. The van der Waals surface area contributed by atoms with E-state index in [-0.39, 0.29) is 16.8 Å². The number of rotatable bonds is 5. The maximum Gasteiger partial charge on any atom is 0.339 e. The van der Waals surface area contributed by atoms with E-state index in [4.69, 9.17) is 0 Å². The largest absolute Gasteiger partial charge is 0.465 e. The lowest BCUT2D eigenvalue weighted by Gasteiger charge is -2.07. The number of pyridine rings is 1. The van der Waals surface area contributed by atoms with Gasteiger partial charge in [-0.15, -0.1) is 0 Å². The topological polar surface area (TPSA) is 106 Å². The molecular formula is C24H19FN4O4. The average molecular weight is 446 g/mol. The number of amides is 1. The number of esters is 1. The van der Waals surface area contributed by atoms with Gasteiger partial charge in [-0.2, -0.15) is 5.10 Å². The Kier molecular flexibility index (Phi) is 5.86. The van der Waals surface area contributed by atoms with Crippen LogP contribution in [-0.4, -0.2) is 33.8 Å². The molecule has 1 amide bonds. The molecule has 0 aliphatic heterocycles. The molecule has 0 spiro atoms. The van der Waals surface area contributed by atoms with E-state index >= 15 is 0 Å². The minimum Gasteiger partial charge on any atom is -0.465 e. The van der Waals surface area contributed by atoms with Gasteiger partial charge in [-0.25, -0.2) is 13.9 Å². The Hall–Kier alpha value is -4.53. The first-order valence-corrected chi connectivity index (χ1v) is 9.91. The van der Waals surface area contributed by atoms with E-state index in [0.717, 1.165) is 5.56 Å². The fraction of sp³-hybridized carbons (Fsp3) is 0.0833. The third kappa shape index (κ3) is 4.57. The fourth-order valence-electron chi connectivity index (χ4n) is 3.27. The summed E-state index contributed by atoms with van der Waals surface area (Å²) in [4.78, 5) is 39.6. The standard InChI is InChI=1S/C24H19FN4O4/c1-14-4-3-5-15(10-14)21-19(13-29(28-21)18-8-6-17(25)7-9-18)22(30)27-20-11-16(24(32)33-2)12-26-23(20)31/h3-13H,1-2H3,(H,26,31)(H,27,30). The fourth-order valence-corrected chi connectivity index (χ4v) is 3.27. The van der Waals surface area contributed by atoms with Crippen LogP contribution in [0, 0.1) is 12.7 Å². The van der Waals surface area contributed by atoms with Gasteiger partial charge in [0.25, 0.3) is 11.5 Å². The van der Waals surface area contributed by atoms with Crippen molar-refractivity contribution in [3.8, 4) is 16.9 Å². The number of aryl methyl sites for hydroxylation is 1. The lowest BCUT2D eigenvalue weighted by atomic mass is 10.1. The van der Waals surface area contributed by atoms with E-state index in [1.807, 2.05) is 31.2 Å². The summed E-state index contributed by atoms with van der Waals surface area (Å²) in [6, 6.07) is 14.3. The Balaban J connectivity index is 1.77. The zero-order valence-electron chi connectivity index (χ0n) is 17.8. The number of aromatic amines is 1. The number of halogens is 1. The van der Waals surface area contributed by atoms with Crippen LogP contribution in [0.2, 0.25) is 0 Å². The molecule has 0 saturated heterocycles. The lowest BCUT2D eigenvalue weighted by molar-refractivity contribution is 0.0600. The molecule has 4 rings (SSSR count). The van der Waals surface area contributed by atoms with E-state index in [1.165, 1.54) is 54.5 Å². The molecule has 0 saturated carbocycles. The zero-order chi connectivity index (χ0) is 23.5. The second kappa shape index (κ2) is 8.91. The van der Waals surface area contributed by atoms with Crippen LogP contribution >= 0.6 is 0 Å². The Labute approximate surface area is 187 Å². The zero-order valence-corrected chi connectivity index (χ0v) is 17.8. The van der Waals surface area contributed by atoms with E-state index in [0.29, 0.717) is 16.9 Å². The molecule has 0 aliphatic rings. The number of benzene rings is 2. The van der Waals surface area contributed by atoms with Crippen LogP contribution in [0.4, 0.5) is 10.1 Å². The SMILES string of the molecule is COC(=O)c1c[nH]c(=O)c(NC(=O)c2cn(-c3ccc(F)cc3)nc2-c2cccc(C)c2)c1. The average Bonchev–Trinajstić information content (AvgIpc) is 3.26. The Morgan fingerprint density at radius 1 is 1.12 bits per heavy atom. The van der Waals surface area contributed by atoms with Crippen LogP contribution in [-0.2, 0) is 4.74 Å². The van der Waals surface area contributed by atoms with E-state index in [2.05, 4.69) is 20.1 Å². The van der Waals surface area contributed by atoms with Gasteiger partial charge in [-0.3, -0.25) is 9.59 Å². The first-order chi connectivity index (χ1) is 15.9. The first-order valence-electron chi connectivity index (χ1n) is 9.91. The third-order valence-corrected chi connectivity index (χ3v) is 4.91. The van der Waals surface area contributed by atoms with Gasteiger partial charge >= 0.3 is 5.97 Å². The molecule has 0 unspecified atom stereocenters. The van der Waals surface area contributed by atoms with Gasteiger partial charge < -0.3 is 15.0 Å². The van der Waals surface area contributed by atoms with Gasteiger partial charge in [-0.05, 0) is 43.3 Å². The number of nitrogens with one attached hydrogen (secondary N) is 2. The van der Waals surface area contributed by atoms with Crippen LogP contribution in [0.5, 0.6) is 0 Å². The molecule has 8 nitrogen and oxygen atoms in total. The maximum atomic E-state index is 13.4. The summed E-state index contributed by atoms with van der Waals surface area (Å²) in [5.74, 6) is -1.66. The molecule has 0 radical (unpaired) electrons. The van der Waals surface area contributed by atoms with E-state index in [9.17, 15) is 18.8 Å². The van der Waals surface area contributed by atoms with Gasteiger partial charge in [0, 0.05) is 18.0 Å². The van der Waals surface area contributed by atoms with Crippen molar-refractivity contribution in [2.75, 3.05) is 12.4 Å². The van der Waals surface area contributed by atoms with Crippen molar-refractivity contribution < 1.29 is 18.7 Å². The van der Waals surface area contributed by atoms with Gasteiger partial charge in [0.2, 0.25) is 0 Å². The van der Waals surface area contributed by atoms with Crippen LogP contribution in [0.1, 0.15) is 26.3 Å². The monoisotopic (exact) mass is 446 g/mol. The van der Waals surface area contributed by atoms with Crippen molar-refractivity contribution >= 4 is 17.6 Å². The van der Waals surface area contributed by atoms with Crippen molar-refractivity contribution in [2.45, 2.75) is 6.92 Å². The number of carbonyl (C=O) groups excluding carboxylic acids is 2. The summed E-state index contributed by atoms with van der Waals surface area (Å²) < 4.78 is 19.5. The highest BCUT2D eigenvalue weighted by Crippen LogP contribution is 2.25. The molecule has 2 N–H and O–H groups in total. The molecule has 4 aromatic rings. The molecule has 33 heavy (non-hydrogen) atoms. The highest BCUT2D eigenvalue weighted by molar-refractivity contribution is 6.08. The molecule has 2 aromatic carbocycles.